The number of fused-ring (bicyclic) bond motifs is 1. The molecule has 0 saturated carbocycles. The number of carbonyl (C=O) groups excluding carboxylic acids is 1. The van der Waals surface area contributed by atoms with Gasteiger partial charge in [0.05, 0.1) is 22.2 Å². The van der Waals surface area contributed by atoms with Gasteiger partial charge in [-0.25, -0.2) is 0 Å². The smallest absolute Gasteiger partial charge is 0.303 e. The fraction of sp³-hybridized carbons (Fsp3) is 0.133. The number of nitrogens with zero attached hydrogens (tertiary/aromatic N) is 1. The Kier molecular flexibility index (Phi) is 3.64. The number of hydrogen-bond acceptors (Lipinski definition) is 5. The van der Waals surface area contributed by atoms with Crippen LogP contribution >= 0.6 is 11.3 Å². The van der Waals surface area contributed by atoms with Crippen molar-refractivity contribution >= 4 is 39.8 Å². The molecule has 112 valence electrons. The molecule has 0 bridgehead atoms. The normalized spacial score (nSPS) is 10.9. The summed E-state index contributed by atoms with van der Waals surface area (Å²) in [6.07, 6.45) is -0.149. The first-order valence-electron chi connectivity index (χ1n) is 6.62. The second kappa shape index (κ2) is 5.61. The Bertz CT molecular complexity index is 866. The summed E-state index contributed by atoms with van der Waals surface area (Å²) in [5.74, 6) is -0.720. The summed E-state index contributed by atoms with van der Waals surface area (Å²) in [5.41, 5.74) is 8.50. The first-order chi connectivity index (χ1) is 10.6. The molecule has 0 aliphatic heterocycles. The van der Waals surface area contributed by atoms with Crippen molar-refractivity contribution in [1.82, 2.24) is 10.2 Å². The van der Waals surface area contributed by atoms with Gasteiger partial charge in [0.25, 0.3) is 0 Å². The van der Waals surface area contributed by atoms with Gasteiger partial charge < -0.3 is 10.8 Å². The standard InChI is InChI=1S/C15H13N3O3S/c16-15-14-9(2-1-3-10(14)17-18-15)8-6-12(22-7-8)11(19)4-5-13(20)21/h1-3,6-7H,4-5H2,(H,20,21)(H3,16,17,18). The first kappa shape index (κ1) is 14.3. The second-order valence-corrected chi connectivity index (χ2v) is 5.76. The quantitative estimate of drug-likeness (QED) is 0.627. The summed E-state index contributed by atoms with van der Waals surface area (Å²) in [6.45, 7) is 0. The van der Waals surface area contributed by atoms with Crippen LogP contribution < -0.4 is 5.73 Å². The minimum atomic E-state index is -0.971. The van der Waals surface area contributed by atoms with Crippen LogP contribution in [0, 0.1) is 0 Å². The molecule has 2 aromatic heterocycles. The highest BCUT2D eigenvalue weighted by Crippen LogP contribution is 2.34. The van der Waals surface area contributed by atoms with Gasteiger partial charge in [-0.2, -0.15) is 5.10 Å². The van der Waals surface area contributed by atoms with Crippen molar-refractivity contribution in [3.63, 3.8) is 0 Å². The number of nitrogen functional groups attached to an aromatic ring is 1. The van der Waals surface area contributed by atoms with Gasteiger partial charge in [0.15, 0.2) is 11.6 Å². The summed E-state index contributed by atoms with van der Waals surface area (Å²) in [7, 11) is 0. The fourth-order valence-corrected chi connectivity index (χ4v) is 3.18. The van der Waals surface area contributed by atoms with Crippen molar-refractivity contribution in [2.24, 2.45) is 0 Å². The number of nitrogens with one attached hydrogen (secondary N) is 1. The van der Waals surface area contributed by atoms with E-state index in [4.69, 9.17) is 10.8 Å². The van der Waals surface area contributed by atoms with Crippen LogP contribution in [0.15, 0.2) is 29.6 Å². The molecule has 0 amide bonds. The lowest BCUT2D eigenvalue weighted by Crippen LogP contribution is -2.01. The number of ketones is 1. The Labute approximate surface area is 129 Å². The lowest BCUT2D eigenvalue weighted by molar-refractivity contribution is -0.136. The zero-order chi connectivity index (χ0) is 15.7. The van der Waals surface area contributed by atoms with Crippen LogP contribution in [0.4, 0.5) is 5.82 Å². The van der Waals surface area contributed by atoms with E-state index in [1.807, 2.05) is 23.6 Å². The molecule has 0 spiro atoms. The third-order valence-electron chi connectivity index (χ3n) is 3.37. The Morgan fingerprint density at radius 3 is 2.91 bits per heavy atom. The van der Waals surface area contributed by atoms with Crippen molar-refractivity contribution in [2.45, 2.75) is 12.8 Å². The van der Waals surface area contributed by atoms with E-state index in [0.29, 0.717) is 10.7 Å². The van der Waals surface area contributed by atoms with Gasteiger partial charge in [0.2, 0.25) is 0 Å². The molecule has 0 unspecified atom stereocenters. The summed E-state index contributed by atoms with van der Waals surface area (Å²) in [4.78, 5) is 23.1. The predicted molar refractivity (Wildman–Crippen MR) is 85.0 cm³/mol. The van der Waals surface area contributed by atoms with Crippen LogP contribution in [0.5, 0.6) is 0 Å². The molecule has 0 aliphatic rings. The second-order valence-electron chi connectivity index (χ2n) is 4.85. The molecular weight excluding hydrogens is 302 g/mol. The van der Waals surface area contributed by atoms with Crippen LogP contribution in [-0.4, -0.2) is 27.1 Å². The molecule has 3 rings (SSSR count). The molecule has 0 aliphatic carbocycles. The van der Waals surface area contributed by atoms with E-state index in [0.717, 1.165) is 22.0 Å². The zero-order valence-corrected chi connectivity index (χ0v) is 12.3. The SMILES string of the molecule is Nc1n[nH]c2cccc(-c3csc(C(=O)CCC(=O)O)c3)c12. The van der Waals surface area contributed by atoms with Gasteiger partial charge in [-0.1, -0.05) is 12.1 Å². The van der Waals surface area contributed by atoms with Crippen molar-refractivity contribution in [3.05, 3.63) is 34.5 Å². The molecule has 0 saturated heterocycles. The number of H-pyrrole nitrogens is 1. The predicted octanol–water partition coefficient (Wildman–Crippen LogP) is 2.92. The largest absolute Gasteiger partial charge is 0.481 e. The summed E-state index contributed by atoms with van der Waals surface area (Å²) < 4.78 is 0. The number of carboxylic acid groups (broad SMARTS) is 1. The number of thiophene rings is 1. The number of carbonyl (C=O) groups is 2. The van der Waals surface area contributed by atoms with Gasteiger partial charge in [0, 0.05) is 6.42 Å². The van der Waals surface area contributed by atoms with Crippen LogP contribution in [0.25, 0.3) is 22.0 Å². The van der Waals surface area contributed by atoms with E-state index in [-0.39, 0.29) is 18.6 Å². The number of hydrogen-bond donors (Lipinski definition) is 3. The zero-order valence-electron chi connectivity index (χ0n) is 11.5. The third-order valence-corrected chi connectivity index (χ3v) is 4.34. The Hall–Kier alpha value is -2.67. The minimum absolute atomic E-state index is 0.00728. The van der Waals surface area contributed by atoms with Crippen LogP contribution in [-0.2, 0) is 4.79 Å². The summed E-state index contributed by atoms with van der Waals surface area (Å²) >= 11 is 1.31. The Balaban J connectivity index is 1.94. The van der Waals surface area contributed by atoms with Crippen molar-refractivity contribution in [3.8, 4) is 11.1 Å². The van der Waals surface area contributed by atoms with Gasteiger partial charge >= 0.3 is 5.97 Å². The van der Waals surface area contributed by atoms with Gasteiger partial charge in [0.1, 0.15) is 0 Å². The number of aromatic amines is 1. The van der Waals surface area contributed by atoms with E-state index in [9.17, 15) is 9.59 Å². The van der Waals surface area contributed by atoms with Crippen molar-refractivity contribution < 1.29 is 14.7 Å². The Morgan fingerprint density at radius 2 is 2.14 bits per heavy atom. The number of carboxylic acids is 1. The first-order valence-corrected chi connectivity index (χ1v) is 7.50. The van der Waals surface area contributed by atoms with E-state index in [1.54, 1.807) is 6.07 Å². The number of aromatic nitrogens is 2. The lowest BCUT2D eigenvalue weighted by atomic mass is 10.0. The third kappa shape index (κ3) is 2.58. The molecule has 22 heavy (non-hydrogen) atoms. The molecule has 7 heteroatoms. The highest BCUT2D eigenvalue weighted by Gasteiger charge is 2.14. The number of rotatable bonds is 5. The van der Waals surface area contributed by atoms with E-state index in [1.165, 1.54) is 11.3 Å². The van der Waals surface area contributed by atoms with E-state index < -0.39 is 5.97 Å². The van der Waals surface area contributed by atoms with Crippen LogP contribution in [0.1, 0.15) is 22.5 Å². The highest BCUT2D eigenvalue weighted by molar-refractivity contribution is 7.12. The summed E-state index contributed by atoms with van der Waals surface area (Å²) in [5, 5.41) is 18.2. The van der Waals surface area contributed by atoms with Gasteiger partial charge in [-0.3, -0.25) is 14.7 Å². The average Bonchev–Trinajstić information content (AvgIpc) is 3.12. The molecule has 0 radical (unpaired) electrons. The number of benzene rings is 1. The molecule has 0 fully saturated rings. The molecule has 1 aromatic carbocycles. The minimum Gasteiger partial charge on any atom is -0.481 e. The molecule has 2 heterocycles. The maximum Gasteiger partial charge on any atom is 0.303 e. The average molecular weight is 315 g/mol. The topological polar surface area (TPSA) is 109 Å². The molecule has 3 aromatic rings. The number of nitrogens with two attached hydrogens (primary N) is 1. The highest BCUT2D eigenvalue weighted by atomic mass is 32.1. The van der Waals surface area contributed by atoms with Gasteiger partial charge in [-0.05, 0) is 28.6 Å². The van der Waals surface area contributed by atoms with Crippen molar-refractivity contribution in [2.75, 3.05) is 5.73 Å². The maximum atomic E-state index is 12.0. The van der Waals surface area contributed by atoms with Crippen LogP contribution in [0.3, 0.4) is 0 Å². The van der Waals surface area contributed by atoms with E-state index in [2.05, 4.69) is 10.2 Å². The maximum absolute atomic E-state index is 12.0. The number of Topliss-reactive ketones (excluding diaryl/α,β-unsaturated/α-hetero) is 1. The summed E-state index contributed by atoms with van der Waals surface area (Å²) in [6, 6.07) is 7.46. The Morgan fingerprint density at radius 1 is 1.32 bits per heavy atom. The fourth-order valence-electron chi connectivity index (χ4n) is 2.31. The molecule has 0 atom stereocenters. The van der Waals surface area contributed by atoms with E-state index >= 15 is 0 Å². The monoisotopic (exact) mass is 315 g/mol. The molecular formula is C15H13N3O3S. The lowest BCUT2D eigenvalue weighted by Gasteiger charge is -2.00. The molecule has 4 N–H and O–H groups in total. The van der Waals surface area contributed by atoms with Crippen LogP contribution in [0.2, 0.25) is 0 Å². The van der Waals surface area contributed by atoms with Crippen molar-refractivity contribution in [1.29, 1.82) is 0 Å². The molecule has 6 nitrogen and oxygen atoms in total. The number of aliphatic carboxylic acids is 1. The number of anilines is 1. The van der Waals surface area contributed by atoms with Gasteiger partial charge in [-0.15, -0.1) is 11.3 Å².